The second-order valence-electron chi connectivity index (χ2n) is 8.37. The maximum atomic E-state index is 13.1. The van der Waals surface area contributed by atoms with Crippen LogP contribution < -0.4 is 14.8 Å². The van der Waals surface area contributed by atoms with E-state index in [0.29, 0.717) is 53.2 Å². The fourth-order valence-corrected chi connectivity index (χ4v) is 4.60. The molecule has 0 bridgehead atoms. The summed E-state index contributed by atoms with van der Waals surface area (Å²) in [6.45, 7) is 3.78. The lowest BCUT2D eigenvalue weighted by Gasteiger charge is -2.26. The van der Waals surface area contributed by atoms with Crippen LogP contribution in [-0.4, -0.2) is 39.9 Å². The number of hydrogen-bond acceptors (Lipinski definition) is 8. The molecule has 4 aromatic rings. The van der Waals surface area contributed by atoms with E-state index < -0.39 is 0 Å². The zero-order valence-electron chi connectivity index (χ0n) is 19.5. The summed E-state index contributed by atoms with van der Waals surface area (Å²) < 4.78 is 10.9. The molecule has 2 heterocycles. The Morgan fingerprint density at radius 1 is 0.882 bits per heavy atom. The average Bonchev–Trinajstić information content (AvgIpc) is 2.83. The van der Waals surface area contributed by atoms with Crippen LogP contribution >= 0.6 is 0 Å². The molecule has 0 aliphatic heterocycles. The number of hydrogen-bond donors (Lipinski definition) is 1. The van der Waals surface area contributed by atoms with Crippen LogP contribution in [-0.2, 0) is 6.42 Å². The quantitative estimate of drug-likeness (QED) is 0.462. The van der Waals surface area contributed by atoms with E-state index in [9.17, 15) is 4.79 Å². The highest BCUT2D eigenvalue weighted by atomic mass is 16.5. The summed E-state index contributed by atoms with van der Waals surface area (Å²) in [5.74, 6) is 2.18. The molecule has 1 N–H and O–H groups in total. The first-order valence-corrected chi connectivity index (χ1v) is 11.1. The van der Waals surface area contributed by atoms with E-state index in [2.05, 4.69) is 20.3 Å². The van der Waals surface area contributed by atoms with Gasteiger partial charge in [0.25, 0.3) is 0 Å². The van der Waals surface area contributed by atoms with Crippen molar-refractivity contribution in [3.05, 3.63) is 70.7 Å². The normalized spacial score (nSPS) is 15.2. The summed E-state index contributed by atoms with van der Waals surface area (Å²) in [7, 11) is 3.24. The van der Waals surface area contributed by atoms with Gasteiger partial charge in [-0.25, -0.2) is 19.9 Å². The van der Waals surface area contributed by atoms with E-state index in [1.54, 1.807) is 14.2 Å². The van der Waals surface area contributed by atoms with Crippen LogP contribution in [0.2, 0.25) is 0 Å². The second-order valence-corrected chi connectivity index (χ2v) is 8.37. The third-order valence-corrected chi connectivity index (χ3v) is 6.21. The Labute approximate surface area is 197 Å². The number of aromatic nitrogens is 4. The van der Waals surface area contributed by atoms with Gasteiger partial charge in [-0.1, -0.05) is 24.3 Å². The zero-order valence-corrected chi connectivity index (χ0v) is 19.5. The summed E-state index contributed by atoms with van der Waals surface area (Å²) in [6.07, 6.45) is 0.971. The van der Waals surface area contributed by atoms with Crippen molar-refractivity contribution in [3.63, 3.8) is 0 Å². The highest BCUT2D eigenvalue weighted by molar-refractivity contribution is 6.00. The number of aryl methyl sites for hydroxylation is 2. The van der Waals surface area contributed by atoms with E-state index in [4.69, 9.17) is 14.5 Å². The number of nitrogens with one attached hydrogen (secondary N) is 1. The number of para-hydroxylation sites is 1. The van der Waals surface area contributed by atoms with Gasteiger partial charge in [-0.15, -0.1) is 0 Å². The lowest BCUT2D eigenvalue weighted by molar-refractivity contribution is 0.0961. The number of anilines is 2. The van der Waals surface area contributed by atoms with Crippen LogP contribution in [0.1, 0.15) is 45.3 Å². The molecule has 5 rings (SSSR count). The molecule has 34 heavy (non-hydrogen) atoms. The zero-order chi connectivity index (χ0) is 23.8. The lowest BCUT2D eigenvalue weighted by Crippen LogP contribution is -2.23. The van der Waals surface area contributed by atoms with Crippen molar-refractivity contribution < 1.29 is 14.3 Å². The lowest BCUT2D eigenvalue weighted by atomic mass is 9.81. The van der Waals surface area contributed by atoms with Gasteiger partial charge in [0.1, 0.15) is 11.5 Å². The smallest absolute Gasteiger partial charge is 0.230 e. The number of ether oxygens (including phenoxy) is 2. The average molecular weight is 456 g/mol. The topological polar surface area (TPSA) is 99.1 Å². The molecule has 0 spiro atoms. The van der Waals surface area contributed by atoms with Gasteiger partial charge in [-0.2, -0.15) is 0 Å². The molecule has 0 amide bonds. The highest BCUT2D eigenvalue weighted by Gasteiger charge is 2.31. The van der Waals surface area contributed by atoms with Crippen molar-refractivity contribution >= 4 is 28.6 Å². The molecule has 0 radical (unpaired) electrons. The van der Waals surface area contributed by atoms with Crippen molar-refractivity contribution in [3.8, 4) is 11.5 Å². The fourth-order valence-electron chi connectivity index (χ4n) is 4.60. The standard InChI is InChI=1S/C26H25N5O3/c1-14-18-7-5-6-8-20(18)29-25(27-14)31-26-28-15(2)24-21(30-26)11-16(12-22(24)32)19-10-9-17(33-3)13-23(19)34-4/h5-10,13,16H,11-12H2,1-4H3,(H,27,28,29,30,31)/t16-/m0/s1. The Morgan fingerprint density at radius 2 is 1.65 bits per heavy atom. The first kappa shape index (κ1) is 21.8. The number of carbonyl (C=O) groups excluding carboxylic acids is 1. The molecule has 2 aromatic carbocycles. The van der Waals surface area contributed by atoms with Crippen LogP contribution in [0.25, 0.3) is 10.9 Å². The van der Waals surface area contributed by atoms with E-state index in [0.717, 1.165) is 22.2 Å². The van der Waals surface area contributed by atoms with Gasteiger partial charge in [-0.05, 0) is 38.0 Å². The molecule has 0 fully saturated rings. The van der Waals surface area contributed by atoms with Crippen LogP contribution in [0.5, 0.6) is 11.5 Å². The Morgan fingerprint density at radius 3 is 2.44 bits per heavy atom. The maximum Gasteiger partial charge on any atom is 0.230 e. The monoisotopic (exact) mass is 455 g/mol. The first-order chi connectivity index (χ1) is 16.5. The fraction of sp³-hybridized carbons (Fsp3) is 0.269. The minimum absolute atomic E-state index is 0.0333. The van der Waals surface area contributed by atoms with Crippen molar-refractivity contribution in [1.29, 1.82) is 0 Å². The molecule has 8 heteroatoms. The third kappa shape index (κ3) is 3.91. The number of Topliss-reactive ketones (excluding diaryl/α,β-unsaturated/α-hetero) is 1. The van der Waals surface area contributed by atoms with Crippen molar-refractivity contribution in [1.82, 2.24) is 19.9 Å². The number of fused-ring (bicyclic) bond motifs is 2. The Bertz CT molecular complexity index is 1420. The number of benzene rings is 2. The maximum absolute atomic E-state index is 13.1. The van der Waals surface area contributed by atoms with Crippen molar-refractivity contribution in [2.24, 2.45) is 0 Å². The van der Waals surface area contributed by atoms with E-state index >= 15 is 0 Å². The van der Waals surface area contributed by atoms with Gasteiger partial charge in [0.2, 0.25) is 11.9 Å². The summed E-state index contributed by atoms with van der Waals surface area (Å²) in [5.41, 5.74) is 4.63. The number of methoxy groups -OCH3 is 2. The number of carbonyl (C=O) groups is 1. The number of ketones is 1. The number of nitrogens with zero attached hydrogens (tertiary/aromatic N) is 4. The predicted octanol–water partition coefficient (Wildman–Crippen LogP) is 4.71. The summed E-state index contributed by atoms with van der Waals surface area (Å²) in [5, 5.41) is 4.14. The minimum Gasteiger partial charge on any atom is -0.497 e. The molecule has 8 nitrogen and oxygen atoms in total. The Kier molecular flexibility index (Phi) is 5.57. The number of rotatable bonds is 5. The van der Waals surface area contributed by atoms with Crippen molar-refractivity contribution in [2.75, 3.05) is 19.5 Å². The van der Waals surface area contributed by atoms with Crippen molar-refractivity contribution in [2.45, 2.75) is 32.6 Å². The highest BCUT2D eigenvalue weighted by Crippen LogP contribution is 2.39. The van der Waals surface area contributed by atoms with Crippen LogP contribution in [0.3, 0.4) is 0 Å². The SMILES string of the molecule is COc1ccc([C@@H]2CC(=O)c3c(C)nc(Nc4nc(C)c5ccccc5n4)nc3C2)c(OC)c1. The van der Waals surface area contributed by atoms with Gasteiger partial charge >= 0.3 is 0 Å². The molecule has 1 aliphatic rings. The van der Waals surface area contributed by atoms with Gasteiger partial charge in [0.05, 0.1) is 42.4 Å². The Hall–Kier alpha value is -4.07. The van der Waals surface area contributed by atoms with E-state index in [1.807, 2.05) is 56.3 Å². The Balaban J connectivity index is 1.49. The summed E-state index contributed by atoms with van der Waals surface area (Å²) >= 11 is 0. The van der Waals surface area contributed by atoms with Gasteiger partial charge in [0, 0.05) is 23.8 Å². The molecule has 2 aromatic heterocycles. The van der Waals surface area contributed by atoms with E-state index in [-0.39, 0.29) is 11.7 Å². The summed E-state index contributed by atoms with van der Waals surface area (Å²) in [4.78, 5) is 31.5. The van der Waals surface area contributed by atoms with Crippen LogP contribution in [0.4, 0.5) is 11.9 Å². The molecule has 1 atom stereocenters. The second kappa shape index (κ2) is 8.70. The molecule has 0 unspecified atom stereocenters. The summed E-state index contributed by atoms with van der Waals surface area (Å²) in [6, 6.07) is 13.5. The molecule has 172 valence electrons. The van der Waals surface area contributed by atoms with E-state index in [1.165, 1.54) is 0 Å². The van der Waals surface area contributed by atoms with Crippen LogP contribution in [0, 0.1) is 13.8 Å². The van der Waals surface area contributed by atoms with Gasteiger partial charge < -0.3 is 9.47 Å². The van der Waals surface area contributed by atoms with Gasteiger partial charge in [-0.3, -0.25) is 10.1 Å². The molecular weight excluding hydrogens is 430 g/mol. The minimum atomic E-state index is -0.0535. The van der Waals surface area contributed by atoms with Crippen LogP contribution in [0.15, 0.2) is 42.5 Å². The largest absolute Gasteiger partial charge is 0.497 e. The third-order valence-electron chi connectivity index (χ3n) is 6.21. The van der Waals surface area contributed by atoms with Gasteiger partial charge in [0.15, 0.2) is 5.78 Å². The molecular formula is C26H25N5O3. The molecule has 1 aliphatic carbocycles. The molecule has 0 saturated heterocycles. The molecule has 0 saturated carbocycles. The first-order valence-electron chi connectivity index (χ1n) is 11.1. The predicted molar refractivity (Wildman–Crippen MR) is 129 cm³/mol.